The highest BCUT2D eigenvalue weighted by Gasteiger charge is 2.25. The highest BCUT2D eigenvalue weighted by Crippen LogP contribution is 2.19. The fraction of sp³-hybridized carbons (Fsp3) is 0.455. The van der Waals surface area contributed by atoms with Crippen LogP contribution in [-0.2, 0) is 11.4 Å². The molecule has 2 amide bonds. The summed E-state index contributed by atoms with van der Waals surface area (Å²) in [6.07, 6.45) is 7.05. The Morgan fingerprint density at radius 1 is 1.17 bits per heavy atom. The number of hydrogen-bond acceptors (Lipinski definition) is 5. The highest BCUT2D eigenvalue weighted by atomic mass is 16.5. The van der Waals surface area contributed by atoms with Crippen LogP contribution in [0.25, 0.3) is 0 Å². The van der Waals surface area contributed by atoms with Gasteiger partial charge in [0.15, 0.2) is 11.4 Å². The molecule has 0 bridgehead atoms. The molecule has 1 fully saturated rings. The lowest BCUT2D eigenvalue weighted by molar-refractivity contribution is -0.133. The van der Waals surface area contributed by atoms with E-state index in [1.807, 2.05) is 30.9 Å². The standard InChI is InChI=1S/C22H28N4O3/c1-16(2)14-20(27)26-12-7-18(8-13-26)25-22(28)21-19(4-3-9-24-21)29-15-17-5-10-23-11-6-17/h3-6,9-11,16,18H,7-8,12-15H2,1-2H3,(H,25,28). The number of nitrogens with zero attached hydrogens (tertiary/aromatic N) is 3. The number of ether oxygens (including phenoxy) is 1. The van der Waals surface area contributed by atoms with Gasteiger partial charge >= 0.3 is 0 Å². The summed E-state index contributed by atoms with van der Waals surface area (Å²) < 4.78 is 5.81. The van der Waals surface area contributed by atoms with E-state index in [1.54, 1.807) is 30.7 Å². The van der Waals surface area contributed by atoms with Gasteiger partial charge < -0.3 is 15.0 Å². The minimum absolute atomic E-state index is 0.0284. The zero-order valence-electron chi connectivity index (χ0n) is 17.0. The first kappa shape index (κ1) is 20.8. The monoisotopic (exact) mass is 396 g/mol. The van der Waals surface area contributed by atoms with Crippen molar-refractivity contribution < 1.29 is 14.3 Å². The van der Waals surface area contributed by atoms with Crippen LogP contribution in [0.5, 0.6) is 5.75 Å². The van der Waals surface area contributed by atoms with Crippen LogP contribution in [0.2, 0.25) is 0 Å². The molecule has 154 valence electrons. The molecular weight excluding hydrogens is 368 g/mol. The first-order valence-electron chi connectivity index (χ1n) is 10.1. The number of amides is 2. The fourth-order valence-electron chi connectivity index (χ4n) is 3.32. The molecule has 0 saturated carbocycles. The molecule has 7 heteroatoms. The predicted molar refractivity (Wildman–Crippen MR) is 109 cm³/mol. The second-order valence-electron chi connectivity index (χ2n) is 7.72. The van der Waals surface area contributed by atoms with Crippen molar-refractivity contribution >= 4 is 11.8 Å². The van der Waals surface area contributed by atoms with Crippen molar-refractivity contribution in [1.82, 2.24) is 20.2 Å². The van der Waals surface area contributed by atoms with Gasteiger partial charge in [0.25, 0.3) is 5.91 Å². The second-order valence-corrected chi connectivity index (χ2v) is 7.72. The molecular formula is C22H28N4O3. The van der Waals surface area contributed by atoms with Gasteiger partial charge in [-0.2, -0.15) is 0 Å². The van der Waals surface area contributed by atoms with Gasteiger partial charge in [0.05, 0.1) is 0 Å². The van der Waals surface area contributed by atoms with Crippen molar-refractivity contribution in [3.8, 4) is 5.75 Å². The van der Waals surface area contributed by atoms with Gasteiger partial charge in [0.2, 0.25) is 5.91 Å². The van der Waals surface area contributed by atoms with Crippen molar-refractivity contribution in [3.63, 3.8) is 0 Å². The maximum Gasteiger partial charge on any atom is 0.273 e. The van der Waals surface area contributed by atoms with Crippen LogP contribution in [0.4, 0.5) is 0 Å². The van der Waals surface area contributed by atoms with Crippen molar-refractivity contribution in [2.75, 3.05) is 13.1 Å². The first-order chi connectivity index (χ1) is 14.0. The average Bonchev–Trinajstić information content (AvgIpc) is 2.73. The number of pyridine rings is 2. The van der Waals surface area contributed by atoms with Gasteiger partial charge in [-0.05, 0) is 48.6 Å². The minimum atomic E-state index is -0.248. The summed E-state index contributed by atoms with van der Waals surface area (Å²) in [5, 5.41) is 3.04. The Balaban J connectivity index is 1.54. The number of carbonyl (C=O) groups is 2. The normalized spacial score (nSPS) is 14.7. The third-order valence-electron chi connectivity index (χ3n) is 4.90. The molecule has 7 nitrogen and oxygen atoms in total. The van der Waals surface area contributed by atoms with Crippen LogP contribution < -0.4 is 10.1 Å². The molecule has 1 aliphatic rings. The molecule has 0 radical (unpaired) electrons. The molecule has 0 spiro atoms. The molecule has 1 aliphatic heterocycles. The molecule has 0 aromatic carbocycles. The summed E-state index contributed by atoms with van der Waals surface area (Å²) in [6.45, 7) is 5.78. The molecule has 1 saturated heterocycles. The smallest absolute Gasteiger partial charge is 0.273 e. The average molecular weight is 396 g/mol. The lowest BCUT2D eigenvalue weighted by atomic mass is 10.0. The molecule has 2 aromatic heterocycles. The van der Waals surface area contributed by atoms with Crippen LogP contribution in [0.1, 0.15) is 49.2 Å². The maximum atomic E-state index is 12.8. The summed E-state index contributed by atoms with van der Waals surface area (Å²) in [7, 11) is 0. The fourth-order valence-corrected chi connectivity index (χ4v) is 3.32. The van der Waals surface area contributed by atoms with Gasteiger partial charge in [-0.3, -0.25) is 14.6 Å². The quantitative estimate of drug-likeness (QED) is 0.778. The van der Waals surface area contributed by atoms with Crippen LogP contribution in [-0.4, -0.2) is 45.8 Å². The highest BCUT2D eigenvalue weighted by molar-refractivity contribution is 5.95. The number of carbonyl (C=O) groups excluding carboxylic acids is 2. The minimum Gasteiger partial charge on any atom is -0.486 e. The number of nitrogens with one attached hydrogen (secondary N) is 1. The summed E-state index contributed by atoms with van der Waals surface area (Å²) in [6, 6.07) is 7.25. The van der Waals surface area contributed by atoms with Crippen molar-refractivity contribution in [2.45, 2.75) is 45.8 Å². The number of rotatable bonds is 7. The number of piperidine rings is 1. The van der Waals surface area contributed by atoms with Gasteiger partial charge in [0.1, 0.15) is 6.61 Å². The Bertz CT molecular complexity index is 818. The largest absolute Gasteiger partial charge is 0.486 e. The van der Waals surface area contributed by atoms with E-state index < -0.39 is 0 Å². The van der Waals surface area contributed by atoms with Gasteiger partial charge in [-0.15, -0.1) is 0 Å². The molecule has 29 heavy (non-hydrogen) atoms. The predicted octanol–water partition coefficient (Wildman–Crippen LogP) is 2.82. The number of hydrogen-bond donors (Lipinski definition) is 1. The first-order valence-corrected chi connectivity index (χ1v) is 10.1. The van der Waals surface area contributed by atoms with E-state index in [0.29, 0.717) is 37.8 Å². The Hall–Kier alpha value is -2.96. The van der Waals surface area contributed by atoms with Crippen LogP contribution >= 0.6 is 0 Å². The van der Waals surface area contributed by atoms with E-state index in [0.717, 1.165) is 18.4 Å². The summed E-state index contributed by atoms with van der Waals surface area (Å²) >= 11 is 0. The zero-order chi connectivity index (χ0) is 20.6. The molecule has 2 aromatic rings. The topological polar surface area (TPSA) is 84.4 Å². The van der Waals surface area contributed by atoms with E-state index in [4.69, 9.17) is 4.74 Å². The van der Waals surface area contributed by atoms with Crippen LogP contribution in [0.15, 0.2) is 42.9 Å². The third kappa shape index (κ3) is 6.01. The molecule has 3 heterocycles. The van der Waals surface area contributed by atoms with Gasteiger partial charge in [-0.1, -0.05) is 13.8 Å². The Labute approximate surface area is 171 Å². The zero-order valence-corrected chi connectivity index (χ0v) is 17.0. The molecule has 0 unspecified atom stereocenters. The molecule has 0 aliphatic carbocycles. The lowest BCUT2D eigenvalue weighted by Crippen LogP contribution is -2.46. The van der Waals surface area contributed by atoms with E-state index in [2.05, 4.69) is 15.3 Å². The Morgan fingerprint density at radius 2 is 1.90 bits per heavy atom. The maximum absolute atomic E-state index is 12.8. The lowest BCUT2D eigenvalue weighted by Gasteiger charge is -2.32. The van der Waals surface area contributed by atoms with E-state index in [-0.39, 0.29) is 23.6 Å². The second kappa shape index (κ2) is 10.0. The van der Waals surface area contributed by atoms with Crippen molar-refractivity contribution in [1.29, 1.82) is 0 Å². The van der Waals surface area contributed by atoms with Crippen LogP contribution in [0.3, 0.4) is 0 Å². The summed E-state index contributed by atoms with van der Waals surface area (Å²) in [5.74, 6) is 0.754. The Kier molecular flexibility index (Phi) is 7.16. The van der Waals surface area contributed by atoms with Crippen LogP contribution in [0, 0.1) is 5.92 Å². The van der Waals surface area contributed by atoms with Gasteiger partial charge in [-0.25, -0.2) is 4.98 Å². The van der Waals surface area contributed by atoms with Crippen molar-refractivity contribution in [3.05, 3.63) is 54.1 Å². The van der Waals surface area contributed by atoms with E-state index >= 15 is 0 Å². The van der Waals surface area contributed by atoms with E-state index in [1.165, 1.54) is 0 Å². The molecule has 1 N–H and O–H groups in total. The number of likely N-dealkylation sites (tertiary alicyclic amines) is 1. The van der Waals surface area contributed by atoms with E-state index in [9.17, 15) is 9.59 Å². The van der Waals surface area contributed by atoms with Crippen molar-refractivity contribution in [2.24, 2.45) is 5.92 Å². The summed E-state index contributed by atoms with van der Waals surface area (Å²) in [4.78, 5) is 35.1. The summed E-state index contributed by atoms with van der Waals surface area (Å²) in [5.41, 5.74) is 1.24. The van der Waals surface area contributed by atoms with Gasteiger partial charge in [0, 0.05) is 44.1 Å². The Morgan fingerprint density at radius 3 is 2.59 bits per heavy atom. The third-order valence-corrected chi connectivity index (χ3v) is 4.90. The molecule has 0 atom stereocenters. The number of aromatic nitrogens is 2. The molecule has 3 rings (SSSR count). The SMILES string of the molecule is CC(C)CC(=O)N1CCC(NC(=O)c2ncccc2OCc2ccncc2)CC1.